The average molecular weight is 1150 g/mol. The molecular weight excluding hydrogens is 1020 g/mol. The van der Waals surface area contributed by atoms with E-state index in [4.69, 9.17) is 23.3 Å². The highest BCUT2D eigenvalue weighted by Crippen LogP contribution is 2.43. The van der Waals surface area contributed by atoms with E-state index in [1.807, 2.05) is 0 Å². The van der Waals surface area contributed by atoms with Crippen LogP contribution < -0.4 is 0 Å². The van der Waals surface area contributed by atoms with E-state index in [2.05, 4.69) is 45.1 Å². The minimum atomic E-state index is -4.75. The van der Waals surface area contributed by atoms with Crippen LogP contribution in [0.1, 0.15) is 355 Å². The van der Waals surface area contributed by atoms with Gasteiger partial charge in [0.1, 0.15) is 12.7 Å². The van der Waals surface area contributed by atoms with Crippen LogP contribution in [0.3, 0.4) is 0 Å². The lowest BCUT2D eigenvalue weighted by molar-refractivity contribution is -0.161. The monoisotopic (exact) mass is 1150 g/mol. The molecule has 3 atom stereocenters. The van der Waals surface area contributed by atoms with E-state index in [1.165, 1.54) is 238 Å². The van der Waals surface area contributed by atoms with E-state index >= 15 is 0 Å². The van der Waals surface area contributed by atoms with Crippen molar-refractivity contribution in [2.45, 2.75) is 367 Å². The molecule has 11 nitrogen and oxygen atoms in total. The van der Waals surface area contributed by atoms with E-state index in [1.54, 1.807) is 0 Å². The van der Waals surface area contributed by atoms with Crippen molar-refractivity contribution in [2.75, 3.05) is 26.4 Å². The summed E-state index contributed by atoms with van der Waals surface area (Å²) in [6.45, 7) is 4.73. The molecule has 0 aliphatic carbocycles. The van der Waals surface area contributed by atoms with Crippen LogP contribution in [0.25, 0.3) is 0 Å². The molecule has 0 aromatic heterocycles. The molecule has 80 heavy (non-hydrogen) atoms. The first-order valence-electron chi connectivity index (χ1n) is 34.2. The van der Waals surface area contributed by atoms with Gasteiger partial charge in [0.05, 0.1) is 19.8 Å². The molecule has 0 aromatic carbocycles. The smallest absolute Gasteiger partial charge is 0.462 e. The summed E-state index contributed by atoms with van der Waals surface area (Å²) in [4.78, 5) is 48.8. The van der Waals surface area contributed by atoms with Crippen molar-refractivity contribution in [1.29, 1.82) is 0 Å². The lowest BCUT2D eigenvalue weighted by atomic mass is 10.0. The molecular formula is C68H129O11P. The molecule has 0 spiro atoms. The second-order valence-corrected chi connectivity index (χ2v) is 24.8. The number of aliphatic hydroxyl groups is 1. The fourth-order valence-corrected chi connectivity index (χ4v) is 10.9. The maximum absolute atomic E-state index is 13.0. The number of aliphatic hydroxyl groups excluding tert-OH is 1. The van der Waals surface area contributed by atoms with Gasteiger partial charge < -0.3 is 24.2 Å². The number of phosphoric acid groups is 1. The first-order valence-corrected chi connectivity index (χ1v) is 35.7. The van der Waals surface area contributed by atoms with Gasteiger partial charge in [-0.15, -0.1) is 0 Å². The summed E-state index contributed by atoms with van der Waals surface area (Å²) in [6, 6.07) is 0. The summed E-state index contributed by atoms with van der Waals surface area (Å²) in [7, 11) is -4.75. The summed E-state index contributed by atoms with van der Waals surface area (Å²) in [6.07, 6.45) is 66.9. The molecule has 0 radical (unpaired) electrons. The fourth-order valence-electron chi connectivity index (χ4n) is 10.1. The number of ether oxygens (including phenoxy) is 3. The van der Waals surface area contributed by atoms with E-state index in [0.717, 1.165) is 57.8 Å². The summed E-state index contributed by atoms with van der Waals surface area (Å²) in [5, 5.41) is 9.86. The van der Waals surface area contributed by atoms with Crippen molar-refractivity contribution in [2.24, 2.45) is 0 Å². The fraction of sp³-hybridized carbons (Fsp3) is 0.897. The normalized spacial score (nSPS) is 13.3. The Labute approximate surface area is 493 Å². The zero-order valence-corrected chi connectivity index (χ0v) is 53.5. The SMILES string of the molecule is CCCCCCCC/C=C\CCCCCCCCCCCC(=O)OCC(COP(=O)(O)OCC(CO)OC(=O)CCCCCCCCCCCCCCCCC)OC(=O)CCCCCCCCCCC/C=C\CCCCCCCC. The topological polar surface area (TPSA) is 155 Å². The molecule has 0 aliphatic heterocycles. The largest absolute Gasteiger partial charge is 0.472 e. The third-order valence-corrected chi connectivity index (χ3v) is 16.3. The Morgan fingerprint density at radius 1 is 0.338 bits per heavy atom. The van der Waals surface area contributed by atoms with Gasteiger partial charge in [-0.3, -0.25) is 23.4 Å². The standard InChI is InChI=1S/C68H129O11P/c1-4-7-10-13-16-19-22-25-28-30-32-34-37-39-42-45-48-51-54-57-66(70)75-61-65(79-68(72)59-56-53-50-47-44-41-38-35-33-31-29-26-23-20-17-14-11-8-5-2)63-77-80(73,74)76-62-64(60-69)78-67(71)58-55-52-49-46-43-40-36-27-24-21-18-15-12-9-6-3/h25-26,28-29,64-65,69H,4-24,27,30-63H2,1-3H3,(H,73,74)/b28-25-,29-26-. The number of esters is 3. The second-order valence-electron chi connectivity index (χ2n) is 23.3. The summed E-state index contributed by atoms with van der Waals surface area (Å²) < 4.78 is 39.8. The molecule has 0 fully saturated rings. The lowest BCUT2D eigenvalue weighted by Crippen LogP contribution is -2.30. The van der Waals surface area contributed by atoms with Gasteiger partial charge >= 0.3 is 25.7 Å². The molecule has 2 N–H and O–H groups in total. The third-order valence-electron chi connectivity index (χ3n) is 15.3. The number of hydrogen-bond acceptors (Lipinski definition) is 10. The molecule has 0 amide bonds. The van der Waals surface area contributed by atoms with Crippen molar-refractivity contribution in [3.63, 3.8) is 0 Å². The number of rotatable bonds is 65. The van der Waals surface area contributed by atoms with Crippen molar-refractivity contribution in [3.8, 4) is 0 Å². The summed E-state index contributed by atoms with van der Waals surface area (Å²) in [5.74, 6) is -1.43. The molecule has 0 aromatic rings. The van der Waals surface area contributed by atoms with Crippen molar-refractivity contribution in [3.05, 3.63) is 24.3 Å². The van der Waals surface area contributed by atoms with Crippen LogP contribution >= 0.6 is 7.82 Å². The zero-order valence-electron chi connectivity index (χ0n) is 52.6. The average Bonchev–Trinajstić information content (AvgIpc) is 3.45. The Bertz CT molecular complexity index is 1440. The molecule has 0 rings (SSSR count). The predicted octanol–water partition coefficient (Wildman–Crippen LogP) is 20.9. The maximum atomic E-state index is 13.0. The van der Waals surface area contributed by atoms with E-state index in [0.29, 0.717) is 19.3 Å². The number of hydrogen-bond donors (Lipinski definition) is 2. The molecule has 0 heterocycles. The van der Waals surface area contributed by atoms with Crippen molar-refractivity contribution in [1.82, 2.24) is 0 Å². The van der Waals surface area contributed by atoms with Gasteiger partial charge in [-0.1, -0.05) is 289 Å². The Morgan fingerprint density at radius 2 is 0.575 bits per heavy atom. The molecule has 3 unspecified atom stereocenters. The molecule has 0 saturated carbocycles. The zero-order chi connectivity index (χ0) is 58.3. The number of phosphoric ester groups is 1. The highest BCUT2D eigenvalue weighted by atomic mass is 31.2. The minimum absolute atomic E-state index is 0.170. The lowest BCUT2D eigenvalue weighted by Gasteiger charge is -2.21. The van der Waals surface area contributed by atoms with Crippen LogP contribution in [0.4, 0.5) is 0 Å². The van der Waals surface area contributed by atoms with Gasteiger partial charge in [0.2, 0.25) is 0 Å². The predicted molar refractivity (Wildman–Crippen MR) is 335 cm³/mol. The van der Waals surface area contributed by atoms with Crippen LogP contribution in [0.15, 0.2) is 24.3 Å². The Kier molecular flexibility index (Phi) is 61.4. The van der Waals surface area contributed by atoms with Gasteiger partial charge in [-0.25, -0.2) is 4.57 Å². The Hall–Kier alpha value is -2.04. The van der Waals surface area contributed by atoms with E-state index in [9.17, 15) is 28.9 Å². The third kappa shape index (κ3) is 60.5. The van der Waals surface area contributed by atoms with Gasteiger partial charge in [-0.05, 0) is 70.6 Å². The number of unbranched alkanes of at least 4 members (excludes halogenated alkanes) is 44. The highest BCUT2D eigenvalue weighted by Gasteiger charge is 2.28. The van der Waals surface area contributed by atoms with Crippen LogP contribution in [-0.4, -0.2) is 66.5 Å². The first-order chi connectivity index (χ1) is 39.2. The van der Waals surface area contributed by atoms with E-state index in [-0.39, 0.29) is 25.9 Å². The van der Waals surface area contributed by atoms with Crippen LogP contribution in [0.5, 0.6) is 0 Å². The minimum Gasteiger partial charge on any atom is -0.462 e. The van der Waals surface area contributed by atoms with Gasteiger partial charge in [0.15, 0.2) is 6.10 Å². The molecule has 472 valence electrons. The molecule has 12 heteroatoms. The summed E-state index contributed by atoms with van der Waals surface area (Å²) >= 11 is 0. The number of allylic oxidation sites excluding steroid dienone is 4. The van der Waals surface area contributed by atoms with Crippen LogP contribution in [-0.2, 0) is 42.2 Å². The van der Waals surface area contributed by atoms with Gasteiger partial charge in [0, 0.05) is 19.3 Å². The van der Waals surface area contributed by atoms with Crippen molar-refractivity contribution < 1.29 is 52.2 Å². The quantitative estimate of drug-likeness (QED) is 0.0197. The van der Waals surface area contributed by atoms with Gasteiger partial charge in [-0.2, -0.15) is 0 Å². The molecule has 0 aliphatic rings. The highest BCUT2D eigenvalue weighted by molar-refractivity contribution is 7.47. The number of carbonyl (C=O) groups excluding carboxylic acids is 3. The summed E-state index contributed by atoms with van der Waals surface area (Å²) in [5.41, 5.74) is 0. The second kappa shape index (κ2) is 63.0. The number of carbonyl (C=O) groups is 3. The maximum Gasteiger partial charge on any atom is 0.472 e. The van der Waals surface area contributed by atoms with Crippen LogP contribution in [0, 0.1) is 0 Å². The molecule has 0 bridgehead atoms. The van der Waals surface area contributed by atoms with Crippen LogP contribution in [0.2, 0.25) is 0 Å². The Balaban J connectivity index is 4.65. The molecule has 0 saturated heterocycles. The first kappa shape index (κ1) is 78.0. The van der Waals surface area contributed by atoms with E-state index < -0.39 is 57.8 Å². The Morgan fingerprint density at radius 3 is 0.863 bits per heavy atom. The van der Waals surface area contributed by atoms with Gasteiger partial charge in [0.25, 0.3) is 0 Å². The van der Waals surface area contributed by atoms with Crippen molar-refractivity contribution >= 4 is 25.7 Å².